The topological polar surface area (TPSA) is 87.5 Å². The van der Waals surface area contributed by atoms with Gasteiger partial charge >= 0.3 is 11.9 Å². The highest BCUT2D eigenvalue weighted by atomic mass is 35.5. The van der Waals surface area contributed by atoms with E-state index in [9.17, 15) is 19.8 Å². The van der Waals surface area contributed by atoms with Gasteiger partial charge in [-0.2, -0.15) is 0 Å². The van der Waals surface area contributed by atoms with Crippen LogP contribution in [0.3, 0.4) is 0 Å². The Kier molecular flexibility index (Phi) is 9.15. The van der Waals surface area contributed by atoms with Crippen LogP contribution in [0.4, 0.5) is 0 Å². The van der Waals surface area contributed by atoms with Crippen LogP contribution in [0.5, 0.6) is 0 Å². The minimum Gasteiger partial charge on any atom is -0.480 e. The number of hydrogen-bond donors (Lipinski definition) is 2. The van der Waals surface area contributed by atoms with Gasteiger partial charge in [0.25, 0.3) is 0 Å². The molecule has 0 spiro atoms. The summed E-state index contributed by atoms with van der Waals surface area (Å²) in [6.45, 7) is 0. The first-order valence-electron chi connectivity index (χ1n) is 8.72. The Hall–Kier alpha value is -0.570. The summed E-state index contributed by atoms with van der Waals surface area (Å²) in [4.78, 5) is 28.4. The predicted octanol–water partition coefficient (Wildman–Crippen LogP) is 10.2. The van der Waals surface area contributed by atoms with E-state index in [2.05, 4.69) is 4.98 Å². The SMILES string of the molecule is O=C(O)C(C(=O)O)c1c(-c2c(Cl)c(Cl)c(Cl)c(Cl)c2Cl)ccnc1-c1c(Cl)c(Cl)c(Cl)c(Cl)c1Cl. The van der Waals surface area contributed by atoms with Gasteiger partial charge < -0.3 is 10.2 Å². The van der Waals surface area contributed by atoms with Crippen molar-refractivity contribution >= 4 is 128 Å². The molecule has 0 radical (unpaired) electrons. The van der Waals surface area contributed by atoms with E-state index in [1.54, 1.807) is 0 Å². The first kappa shape index (κ1) is 29.0. The van der Waals surface area contributed by atoms with Gasteiger partial charge in [-0.15, -0.1) is 0 Å². The van der Waals surface area contributed by atoms with Crippen LogP contribution in [0.2, 0.25) is 50.2 Å². The number of hydrogen-bond acceptors (Lipinski definition) is 3. The van der Waals surface area contributed by atoms with Crippen molar-refractivity contribution in [2.24, 2.45) is 0 Å². The fraction of sp³-hybridized carbons (Fsp3) is 0.0500. The Labute approximate surface area is 247 Å². The maximum absolute atomic E-state index is 12.1. The number of pyridine rings is 1. The Morgan fingerprint density at radius 1 is 0.600 bits per heavy atom. The molecule has 2 aromatic carbocycles. The summed E-state index contributed by atoms with van der Waals surface area (Å²) in [6, 6.07) is 1.26. The number of aromatic nitrogens is 1. The summed E-state index contributed by atoms with van der Waals surface area (Å²) in [5, 5.41) is 17.4. The average Bonchev–Trinajstić information content (AvgIpc) is 2.80. The number of carbonyl (C=O) groups is 2. The lowest BCUT2D eigenvalue weighted by Crippen LogP contribution is -2.23. The molecule has 35 heavy (non-hydrogen) atoms. The van der Waals surface area contributed by atoms with E-state index in [0.717, 1.165) is 0 Å². The molecule has 0 saturated heterocycles. The van der Waals surface area contributed by atoms with Crippen molar-refractivity contribution < 1.29 is 19.8 Å². The molecule has 1 aromatic heterocycles. The molecule has 5 nitrogen and oxygen atoms in total. The second kappa shape index (κ2) is 11.0. The van der Waals surface area contributed by atoms with E-state index in [1.807, 2.05) is 0 Å². The third-order valence-electron chi connectivity index (χ3n) is 4.70. The van der Waals surface area contributed by atoms with Crippen LogP contribution in [0.25, 0.3) is 22.4 Å². The first-order valence-corrected chi connectivity index (χ1v) is 12.5. The summed E-state index contributed by atoms with van der Waals surface area (Å²) >= 11 is 62.4. The first-order chi connectivity index (χ1) is 16.2. The molecule has 0 aliphatic heterocycles. The van der Waals surface area contributed by atoms with Crippen LogP contribution in [0.1, 0.15) is 11.5 Å². The molecule has 2 N–H and O–H groups in total. The van der Waals surface area contributed by atoms with Crippen LogP contribution < -0.4 is 0 Å². The quantitative estimate of drug-likeness (QED) is 0.159. The molecule has 0 bridgehead atoms. The minimum atomic E-state index is -2.23. The lowest BCUT2D eigenvalue weighted by molar-refractivity contribution is -0.150. The highest BCUT2D eigenvalue weighted by Crippen LogP contribution is 2.53. The van der Waals surface area contributed by atoms with Gasteiger partial charge in [-0.3, -0.25) is 14.6 Å². The van der Waals surface area contributed by atoms with Gasteiger partial charge in [-0.1, -0.05) is 116 Å². The minimum absolute atomic E-state index is 0.114. The van der Waals surface area contributed by atoms with Crippen molar-refractivity contribution in [1.82, 2.24) is 4.98 Å². The summed E-state index contributed by atoms with van der Waals surface area (Å²) < 4.78 is 0. The normalized spacial score (nSPS) is 11.3. The van der Waals surface area contributed by atoms with E-state index in [0.29, 0.717) is 0 Å². The second-order valence-corrected chi connectivity index (χ2v) is 10.4. The second-order valence-electron chi connectivity index (χ2n) is 6.62. The Morgan fingerprint density at radius 2 is 0.943 bits per heavy atom. The van der Waals surface area contributed by atoms with Crippen molar-refractivity contribution in [3.8, 4) is 22.4 Å². The molecule has 0 aliphatic carbocycles. The molecule has 3 aromatic rings. The zero-order valence-corrected chi connectivity index (χ0v) is 23.7. The van der Waals surface area contributed by atoms with Gasteiger partial charge in [0.1, 0.15) is 0 Å². The number of carboxylic acid groups (broad SMARTS) is 2. The summed E-state index contributed by atoms with van der Waals surface area (Å²) in [6.07, 6.45) is 1.20. The van der Waals surface area contributed by atoms with Crippen molar-refractivity contribution in [3.63, 3.8) is 0 Å². The molecule has 0 unspecified atom stereocenters. The number of halogens is 10. The molecule has 184 valence electrons. The molecular weight excluding hydrogens is 673 g/mol. The van der Waals surface area contributed by atoms with Crippen molar-refractivity contribution in [1.29, 1.82) is 0 Å². The zero-order chi connectivity index (χ0) is 26.5. The standard InChI is InChI=1S/C20H5Cl10NO4/c21-8-5(9(22)13(26)16(29)12(8)25)3-1-2-31-18(4(3)6(19(32)33)20(34)35)7-10(23)14(27)17(30)15(28)11(7)24/h1-2,6H,(H,32,33)(H,34,35). The number of rotatable bonds is 5. The smallest absolute Gasteiger partial charge is 0.322 e. The van der Waals surface area contributed by atoms with Gasteiger partial charge in [-0.05, 0) is 11.6 Å². The molecule has 0 fully saturated rings. The zero-order valence-electron chi connectivity index (χ0n) is 16.2. The maximum Gasteiger partial charge on any atom is 0.322 e. The Morgan fingerprint density at radius 3 is 1.31 bits per heavy atom. The largest absolute Gasteiger partial charge is 0.480 e. The van der Waals surface area contributed by atoms with E-state index in [1.165, 1.54) is 12.3 Å². The molecule has 1 heterocycles. The number of nitrogens with zero attached hydrogens (tertiary/aromatic N) is 1. The monoisotopic (exact) mass is 673 g/mol. The third-order valence-corrected chi connectivity index (χ3v) is 9.25. The van der Waals surface area contributed by atoms with Gasteiger partial charge in [0.05, 0.1) is 55.9 Å². The number of carboxylic acids is 2. The van der Waals surface area contributed by atoms with Crippen LogP contribution in [-0.4, -0.2) is 27.1 Å². The van der Waals surface area contributed by atoms with E-state index in [4.69, 9.17) is 116 Å². The lowest BCUT2D eigenvalue weighted by atomic mass is 9.87. The lowest BCUT2D eigenvalue weighted by Gasteiger charge is -2.22. The predicted molar refractivity (Wildman–Crippen MR) is 143 cm³/mol. The van der Waals surface area contributed by atoms with Gasteiger partial charge in [-0.25, -0.2) is 0 Å². The maximum atomic E-state index is 12.1. The van der Waals surface area contributed by atoms with Crippen LogP contribution in [-0.2, 0) is 9.59 Å². The molecule has 15 heteroatoms. The summed E-state index contributed by atoms with van der Waals surface area (Å²) in [7, 11) is 0. The summed E-state index contributed by atoms with van der Waals surface area (Å²) in [5.41, 5.74) is -1.14. The van der Waals surface area contributed by atoms with Crippen LogP contribution in [0, 0.1) is 0 Å². The number of benzene rings is 2. The molecular formula is C20H5Cl10NO4. The van der Waals surface area contributed by atoms with Gasteiger partial charge in [0.15, 0.2) is 5.92 Å². The molecule has 0 atom stereocenters. The van der Waals surface area contributed by atoms with E-state index in [-0.39, 0.29) is 72.6 Å². The Bertz CT molecular complexity index is 1270. The van der Waals surface area contributed by atoms with E-state index >= 15 is 0 Å². The fourth-order valence-corrected chi connectivity index (χ4v) is 5.85. The highest BCUT2D eigenvalue weighted by molar-refractivity contribution is 6.57. The average molecular weight is 678 g/mol. The molecule has 0 aliphatic rings. The van der Waals surface area contributed by atoms with Crippen LogP contribution in [0.15, 0.2) is 12.3 Å². The Balaban J connectivity index is 2.62. The fourth-order valence-electron chi connectivity index (χ4n) is 3.19. The van der Waals surface area contributed by atoms with Gasteiger partial charge in [0, 0.05) is 22.9 Å². The van der Waals surface area contributed by atoms with Crippen LogP contribution >= 0.6 is 116 Å². The number of aliphatic carboxylic acids is 2. The molecule has 3 rings (SSSR count). The highest BCUT2D eigenvalue weighted by Gasteiger charge is 2.37. The van der Waals surface area contributed by atoms with Crippen molar-refractivity contribution in [2.75, 3.05) is 0 Å². The van der Waals surface area contributed by atoms with Crippen molar-refractivity contribution in [2.45, 2.75) is 5.92 Å². The van der Waals surface area contributed by atoms with E-state index < -0.39 is 23.4 Å². The molecule has 0 amide bonds. The summed E-state index contributed by atoms with van der Waals surface area (Å²) in [5.74, 6) is -5.75. The third kappa shape index (κ3) is 4.98. The van der Waals surface area contributed by atoms with Crippen molar-refractivity contribution in [3.05, 3.63) is 68.1 Å². The van der Waals surface area contributed by atoms with Gasteiger partial charge in [0.2, 0.25) is 0 Å². The molecule has 0 saturated carbocycles.